The lowest BCUT2D eigenvalue weighted by molar-refractivity contribution is -0.116. The summed E-state index contributed by atoms with van der Waals surface area (Å²) in [6.45, 7) is 4.70. The molecule has 0 atom stereocenters. The average molecular weight is 480 g/mol. The molecule has 0 fully saturated rings. The predicted molar refractivity (Wildman–Crippen MR) is 132 cm³/mol. The maximum Gasteiger partial charge on any atom is 0.286 e. The smallest absolute Gasteiger partial charge is 0.286 e. The number of rotatable bonds is 12. The van der Waals surface area contributed by atoms with Crippen molar-refractivity contribution in [3.63, 3.8) is 0 Å². The van der Waals surface area contributed by atoms with Crippen molar-refractivity contribution in [1.29, 1.82) is 0 Å². The van der Waals surface area contributed by atoms with Crippen LogP contribution in [0.4, 0.5) is 11.4 Å². The maximum atomic E-state index is 12.7. The minimum atomic E-state index is -0.330. The fourth-order valence-corrected chi connectivity index (χ4v) is 3.25. The van der Waals surface area contributed by atoms with E-state index in [0.717, 1.165) is 0 Å². The molecule has 1 aromatic heterocycles. The number of furan rings is 1. The minimum Gasteiger partial charge on any atom is -0.492 e. The van der Waals surface area contributed by atoms with Gasteiger partial charge in [0.25, 0.3) is 11.8 Å². The normalized spacial score (nSPS) is 10.3. The fourth-order valence-electron chi connectivity index (χ4n) is 3.25. The van der Waals surface area contributed by atoms with Gasteiger partial charge in [-0.05, 0) is 44.5 Å². The van der Waals surface area contributed by atoms with Crippen LogP contribution in [0.2, 0.25) is 0 Å². The van der Waals surface area contributed by atoms with E-state index < -0.39 is 0 Å². The van der Waals surface area contributed by atoms with Crippen molar-refractivity contribution in [3.05, 3.63) is 72.2 Å². The Balaban J connectivity index is 1.66. The molecule has 3 rings (SSSR count). The topological polar surface area (TPSA) is 119 Å². The Labute approximate surface area is 203 Å². The number of nitrogens with one attached hydrogen (secondary N) is 3. The molecule has 3 aromatic rings. The molecule has 0 spiro atoms. The highest BCUT2D eigenvalue weighted by Crippen LogP contribution is 2.37. The van der Waals surface area contributed by atoms with Crippen LogP contribution >= 0.6 is 0 Å². The van der Waals surface area contributed by atoms with E-state index in [1.54, 1.807) is 48.5 Å². The molecule has 1 heterocycles. The van der Waals surface area contributed by atoms with Crippen molar-refractivity contribution in [2.24, 2.45) is 0 Å². The third-order valence-corrected chi connectivity index (χ3v) is 4.85. The summed E-state index contributed by atoms with van der Waals surface area (Å²) in [6, 6.07) is 15.3. The molecule has 0 bridgehead atoms. The van der Waals surface area contributed by atoms with E-state index in [4.69, 9.17) is 13.9 Å². The van der Waals surface area contributed by atoms with E-state index in [0.29, 0.717) is 54.6 Å². The molecule has 3 N–H and O–H groups in total. The summed E-state index contributed by atoms with van der Waals surface area (Å²) in [4.78, 5) is 37.1. The van der Waals surface area contributed by atoms with Gasteiger partial charge in [-0.25, -0.2) is 0 Å². The summed E-state index contributed by atoms with van der Waals surface area (Å²) in [6.07, 6.45) is 2.04. The molecule has 0 aliphatic carbocycles. The summed E-state index contributed by atoms with van der Waals surface area (Å²) in [5, 5.41) is 8.39. The molecule has 9 nitrogen and oxygen atoms in total. The van der Waals surface area contributed by atoms with Gasteiger partial charge in [0.05, 0.1) is 30.9 Å². The first-order valence-corrected chi connectivity index (χ1v) is 11.4. The van der Waals surface area contributed by atoms with Crippen molar-refractivity contribution < 1.29 is 28.3 Å². The second-order valence-corrected chi connectivity index (χ2v) is 7.42. The molecule has 0 saturated carbocycles. The van der Waals surface area contributed by atoms with Crippen molar-refractivity contribution in [3.8, 4) is 11.5 Å². The van der Waals surface area contributed by atoms with Crippen molar-refractivity contribution >= 4 is 29.1 Å². The first kappa shape index (κ1) is 25.4. The largest absolute Gasteiger partial charge is 0.492 e. The summed E-state index contributed by atoms with van der Waals surface area (Å²) < 4.78 is 16.5. The highest BCUT2D eigenvalue weighted by molar-refractivity contribution is 6.05. The van der Waals surface area contributed by atoms with Gasteiger partial charge in [-0.2, -0.15) is 0 Å². The van der Waals surface area contributed by atoms with E-state index in [2.05, 4.69) is 16.0 Å². The highest BCUT2D eigenvalue weighted by Gasteiger charge is 2.17. The molecule has 0 aliphatic rings. The number of hydrogen-bond donors (Lipinski definition) is 3. The molecular formula is C26H29N3O6. The Bertz CT molecular complexity index is 1130. The van der Waals surface area contributed by atoms with E-state index in [9.17, 15) is 14.4 Å². The Morgan fingerprint density at radius 1 is 0.829 bits per heavy atom. The number of anilines is 2. The Kier molecular flexibility index (Phi) is 9.30. The average Bonchev–Trinajstić information content (AvgIpc) is 3.40. The Morgan fingerprint density at radius 3 is 2.09 bits per heavy atom. The van der Waals surface area contributed by atoms with Gasteiger partial charge in [0.1, 0.15) is 11.5 Å². The van der Waals surface area contributed by atoms with Gasteiger partial charge < -0.3 is 29.8 Å². The van der Waals surface area contributed by atoms with Gasteiger partial charge in [-0.1, -0.05) is 18.2 Å². The summed E-state index contributed by atoms with van der Waals surface area (Å²) in [5.74, 6) is 0.159. The first-order valence-electron chi connectivity index (χ1n) is 11.4. The number of carbonyl (C=O) groups excluding carboxylic acids is 3. The highest BCUT2D eigenvalue weighted by atomic mass is 16.5. The zero-order chi connectivity index (χ0) is 25.0. The van der Waals surface area contributed by atoms with Crippen LogP contribution in [0.1, 0.15) is 47.6 Å². The van der Waals surface area contributed by atoms with Gasteiger partial charge in [0, 0.05) is 30.7 Å². The van der Waals surface area contributed by atoms with E-state index >= 15 is 0 Å². The van der Waals surface area contributed by atoms with Crippen molar-refractivity contribution in [2.45, 2.75) is 26.7 Å². The van der Waals surface area contributed by atoms with E-state index in [1.165, 1.54) is 6.26 Å². The zero-order valence-electron chi connectivity index (χ0n) is 19.8. The quantitative estimate of drug-likeness (QED) is 0.330. The lowest BCUT2D eigenvalue weighted by atomic mass is 10.2. The van der Waals surface area contributed by atoms with Gasteiger partial charge in [-0.3, -0.25) is 14.4 Å². The summed E-state index contributed by atoms with van der Waals surface area (Å²) >= 11 is 0. The molecule has 35 heavy (non-hydrogen) atoms. The van der Waals surface area contributed by atoms with Crippen LogP contribution in [0.3, 0.4) is 0 Å². The third-order valence-electron chi connectivity index (χ3n) is 4.85. The molecule has 0 saturated heterocycles. The van der Waals surface area contributed by atoms with Crippen LogP contribution < -0.4 is 25.4 Å². The van der Waals surface area contributed by atoms with Gasteiger partial charge in [0.2, 0.25) is 5.91 Å². The maximum absolute atomic E-state index is 12.7. The number of ether oxygens (including phenoxy) is 2. The molecule has 2 aromatic carbocycles. The second kappa shape index (κ2) is 12.8. The summed E-state index contributed by atoms with van der Waals surface area (Å²) in [5.41, 5.74) is 1.37. The standard InChI is InChI=1S/C26H29N3O6/c1-3-33-22-17-20(29-25(31)18-10-6-5-7-11-18)23(34-4-2)16-19(22)28-24(30)13-8-14-27-26(32)21-12-9-15-35-21/h5-7,9-12,15-17H,3-4,8,13-14H2,1-2H3,(H,27,32)(H,28,30)(H,29,31). The van der Waals surface area contributed by atoms with Crippen LogP contribution in [0, 0.1) is 0 Å². The first-order chi connectivity index (χ1) is 17.0. The minimum absolute atomic E-state index is 0.181. The third kappa shape index (κ3) is 7.36. The lowest BCUT2D eigenvalue weighted by Crippen LogP contribution is -2.25. The molecule has 3 amide bonds. The molecule has 0 unspecified atom stereocenters. The van der Waals surface area contributed by atoms with Gasteiger partial charge >= 0.3 is 0 Å². The van der Waals surface area contributed by atoms with Gasteiger partial charge in [-0.15, -0.1) is 0 Å². The Hall–Kier alpha value is -4.27. The molecule has 0 aliphatic heterocycles. The SMILES string of the molecule is CCOc1cc(NC(=O)c2ccccc2)c(OCC)cc1NC(=O)CCCNC(=O)c1ccco1. The predicted octanol–water partition coefficient (Wildman–Crippen LogP) is 4.48. The molecule has 0 radical (unpaired) electrons. The van der Waals surface area contributed by atoms with E-state index in [1.807, 2.05) is 19.9 Å². The van der Waals surface area contributed by atoms with Crippen molar-refractivity contribution in [2.75, 3.05) is 30.4 Å². The van der Waals surface area contributed by atoms with Crippen LogP contribution in [0.15, 0.2) is 65.3 Å². The van der Waals surface area contributed by atoms with Gasteiger partial charge in [0.15, 0.2) is 5.76 Å². The number of amides is 3. The van der Waals surface area contributed by atoms with E-state index in [-0.39, 0.29) is 29.9 Å². The van der Waals surface area contributed by atoms with Crippen LogP contribution in [-0.4, -0.2) is 37.5 Å². The number of carbonyl (C=O) groups is 3. The fraction of sp³-hybridized carbons (Fsp3) is 0.269. The second-order valence-electron chi connectivity index (χ2n) is 7.42. The molecular weight excluding hydrogens is 450 g/mol. The zero-order valence-corrected chi connectivity index (χ0v) is 19.8. The van der Waals surface area contributed by atoms with Crippen LogP contribution in [0.25, 0.3) is 0 Å². The van der Waals surface area contributed by atoms with Crippen molar-refractivity contribution in [1.82, 2.24) is 5.32 Å². The number of hydrogen-bond acceptors (Lipinski definition) is 6. The summed E-state index contributed by atoms with van der Waals surface area (Å²) in [7, 11) is 0. The monoisotopic (exact) mass is 479 g/mol. The Morgan fingerprint density at radius 2 is 1.49 bits per heavy atom. The lowest BCUT2D eigenvalue weighted by Gasteiger charge is -2.18. The van der Waals surface area contributed by atoms with Crippen LogP contribution in [-0.2, 0) is 4.79 Å². The number of benzene rings is 2. The van der Waals surface area contributed by atoms with Crippen LogP contribution in [0.5, 0.6) is 11.5 Å². The molecule has 184 valence electrons. The molecule has 9 heteroatoms.